The van der Waals surface area contributed by atoms with Crippen molar-refractivity contribution in [1.29, 1.82) is 10.5 Å². The number of hydrogen-bond acceptors (Lipinski definition) is 6. The van der Waals surface area contributed by atoms with E-state index in [0.717, 1.165) is 22.5 Å². The molecule has 3 aromatic rings. The molecule has 6 nitrogen and oxygen atoms in total. The van der Waals surface area contributed by atoms with Crippen LogP contribution in [0, 0.1) is 36.5 Å². The smallest absolute Gasteiger partial charge is 0.273 e. The maximum Gasteiger partial charge on any atom is 0.273 e. The van der Waals surface area contributed by atoms with Gasteiger partial charge in [-0.25, -0.2) is 0 Å². The normalized spacial score (nSPS) is 11.1. The lowest BCUT2D eigenvalue weighted by Gasteiger charge is -2.10. The monoisotopic (exact) mass is 481 g/mol. The summed E-state index contributed by atoms with van der Waals surface area (Å²) in [6.45, 7) is 3.75. The Morgan fingerprint density at radius 2 is 1.87 bits per heavy atom. The van der Waals surface area contributed by atoms with Gasteiger partial charge in [-0.15, -0.1) is 11.3 Å². The molecule has 0 saturated heterocycles. The van der Waals surface area contributed by atoms with Gasteiger partial charge in [-0.1, -0.05) is 18.2 Å². The molecule has 0 spiro atoms. The zero-order chi connectivity index (χ0) is 22.0. The van der Waals surface area contributed by atoms with Crippen molar-refractivity contribution in [3.8, 4) is 29.3 Å². The first-order valence-corrected chi connectivity index (χ1v) is 10.3. The number of benzene rings is 2. The fourth-order valence-corrected chi connectivity index (χ4v) is 4.62. The van der Waals surface area contributed by atoms with Crippen LogP contribution in [-0.4, -0.2) is 16.8 Å². The molecule has 0 aliphatic rings. The summed E-state index contributed by atoms with van der Waals surface area (Å²) in [5.41, 5.74) is 2.51. The van der Waals surface area contributed by atoms with Crippen molar-refractivity contribution < 1.29 is 9.84 Å². The van der Waals surface area contributed by atoms with Crippen LogP contribution in [-0.2, 0) is 0 Å². The van der Waals surface area contributed by atoms with E-state index in [1.807, 2.05) is 44.2 Å². The standard InChI is InChI=1S/C22H16BrN3O3S/c1-12-5-4-6-13(2)19(12)26-21(28)18(30-22(26)15(10-24)11-25)9-14-7-16(23)20(27)17(8-14)29-3/h4-9,27H,1-3H3. The predicted octanol–water partition coefficient (Wildman–Crippen LogP) is 3.02. The second-order valence-electron chi connectivity index (χ2n) is 6.45. The van der Waals surface area contributed by atoms with E-state index in [-0.39, 0.29) is 27.3 Å². The van der Waals surface area contributed by atoms with Crippen molar-refractivity contribution in [2.45, 2.75) is 13.8 Å². The van der Waals surface area contributed by atoms with Gasteiger partial charge in [0.25, 0.3) is 5.56 Å². The number of nitrogens with zero attached hydrogens (tertiary/aromatic N) is 3. The Hall–Kier alpha value is -3.33. The van der Waals surface area contributed by atoms with Gasteiger partial charge < -0.3 is 9.84 Å². The van der Waals surface area contributed by atoms with Crippen LogP contribution in [0.2, 0.25) is 0 Å². The van der Waals surface area contributed by atoms with Crippen molar-refractivity contribution in [2.75, 3.05) is 7.11 Å². The van der Waals surface area contributed by atoms with Crippen LogP contribution in [0.5, 0.6) is 11.5 Å². The topological polar surface area (TPSA) is 99.0 Å². The maximum atomic E-state index is 13.4. The summed E-state index contributed by atoms with van der Waals surface area (Å²) in [5, 5.41) is 28.9. The van der Waals surface area contributed by atoms with Crippen LogP contribution >= 0.6 is 27.3 Å². The van der Waals surface area contributed by atoms with Crippen molar-refractivity contribution in [1.82, 2.24) is 4.57 Å². The molecular formula is C22H16BrN3O3S. The number of halogens is 1. The molecule has 30 heavy (non-hydrogen) atoms. The third-order valence-electron chi connectivity index (χ3n) is 4.49. The Bertz CT molecular complexity index is 1390. The lowest BCUT2D eigenvalue weighted by Crippen LogP contribution is -2.31. The zero-order valence-corrected chi connectivity index (χ0v) is 18.8. The quantitative estimate of drug-likeness (QED) is 0.619. The van der Waals surface area contributed by atoms with Crippen molar-refractivity contribution in [2.24, 2.45) is 0 Å². The second-order valence-corrected chi connectivity index (χ2v) is 8.33. The van der Waals surface area contributed by atoms with E-state index in [0.29, 0.717) is 20.3 Å². The molecule has 0 aliphatic carbocycles. The number of aromatic hydroxyl groups is 1. The minimum atomic E-state index is -0.335. The van der Waals surface area contributed by atoms with Crippen molar-refractivity contribution in [3.05, 3.63) is 71.0 Å². The largest absolute Gasteiger partial charge is 0.503 e. The van der Waals surface area contributed by atoms with E-state index in [2.05, 4.69) is 15.9 Å². The summed E-state index contributed by atoms with van der Waals surface area (Å²) < 4.78 is 7.63. The number of aromatic nitrogens is 1. The van der Waals surface area contributed by atoms with Crippen LogP contribution in [0.25, 0.3) is 17.3 Å². The van der Waals surface area contributed by atoms with E-state index < -0.39 is 0 Å². The lowest BCUT2D eigenvalue weighted by molar-refractivity contribution is 0.372. The van der Waals surface area contributed by atoms with Gasteiger partial charge in [-0.2, -0.15) is 10.5 Å². The molecule has 0 bridgehead atoms. The van der Waals surface area contributed by atoms with Crippen LogP contribution in [0.4, 0.5) is 0 Å². The highest BCUT2D eigenvalue weighted by atomic mass is 79.9. The number of aryl methyl sites for hydroxylation is 2. The molecule has 0 amide bonds. The highest BCUT2D eigenvalue weighted by molar-refractivity contribution is 9.10. The van der Waals surface area contributed by atoms with Crippen molar-refractivity contribution >= 4 is 38.9 Å². The molecule has 1 heterocycles. The fourth-order valence-electron chi connectivity index (χ4n) is 3.12. The summed E-state index contributed by atoms with van der Waals surface area (Å²) in [5.74, 6) is 0.211. The van der Waals surface area contributed by atoms with Gasteiger partial charge in [0.2, 0.25) is 0 Å². The Labute approximate surface area is 185 Å². The van der Waals surface area contributed by atoms with Crippen LogP contribution in [0.15, 0.2) is 39.6 Å². The summed E-state index contributed by atoms with van der Waals surface area (Å²) in [6, 6.07) is 12.7. The Balaban J connectivity index is 2.45. The first-order chi connectivity index (χ1) is 14.3. The minimum Gasteiger partial charge on any atom is -0.503 e. The summed E-state index contributed by atoms with van der Waals surface area (Å²) in [4.78, 5) is 13.4. The van der Waals surface area contributed by atoms with E-state index in [4.69, 9.17) is 4.74 Å². The van der Waals surface area contributed by atoms with Gasteiger partial charge >= 0.3 is 0 Å². The highest BCUT2D eigenvalue weighted by Crippen LogP contribution is 2.35. The van der Waals surface area contributed by atoms with Crippen molar-refractivity contribution in [3.63, 3.8) is 0 Å². The molecule has 0 fully saturated rings. The van der Waals surface area contributed by atoms with Gasteiger partial charge in [0, 0.05) is 0 Å². The molecular weight excluding hydrogens is 466 g/mol. The van der Waals surface area contributed by atoms with Gasteiger partial charge in [0.05, 0.1) is 21.8 Å². The van der Waals surface area contributed by atoms with Gasteiger partial charge in [-0.05, 0) is 64.7 Å². The van der Waals surface area contributed by atoms with Gasteiger partial charge in [0.15, 0.2) is 17.1 Å². The molecule has 3 rings (SSSR count). The van der Waals surface area contributed by atoms with E-state index in [1.54, 1.807) is 18.2 Å². The average molecular weight is 482 g/mol. The van der Waals surface area contributed by atoms with Gasteiger partial charge in [-0.3, -0.25) is 9.36 Å². The Kier molecular flexibility index (Phi) is 6.12. The minimum absolute atomic E-state index is 0.0426. The molecule has 0 saturated carbocycles. The van der Waals surface area contributed by atoms with Crippen LogP contribution in [0.3, 0.4) is 0 Å². The molecule has 0 aliphatic heterocycles. The number of ether oxygens (including phenoxy) is 1. The molecule has 150 valence electrons. The summed E-state index contributed by atoms with van der Waals surface area (Å²) in [6.07, 6.45) is 1.64. The number of para-hydroxylation sites is 1. The predicted molar refractivity (Wildman–Crippen MR) is 119 cm³/mol. The molecule has 0 unspecified atom stereocenters. The molecule has 1 N–H and O–H groups in total. The summed E-state index contributed by atoms with van der Waals surface area (Å²) in [7, 11) is 1.43. The third kappa shape index (κ3) is 3.76. The van der Waals surface area contributed by atoms with Gasteiger partial charge in [0.1, 0.15) is 16.8 Å². The highest BCUT2D eigenvalue weighted by Gasteiger charge is 2.15. The Morgan fingerprint density at radius 1 is 1.23 bits per heavy atom. The van der Waals surface area contributed by atoms with E-state index >= 15 is 0 Å². The number of rotatable bonds is 3. The molecule has 0 radical (unpaired) electrons. The van der Waals surface area contributed by atoms with E-state index in [1.165, 1.54) is 11.7 Å². The maximum absolute atomic E-state index is 13.4. The average Bonchev–Trinajstić information content (AvgIpc) is 3.01. The number of phenolic OH excluding ortho intramolecular Hbond substituents is 1. The van der Waals surface area contributed by atoms with Crippen LogP contribution in [0.1, 0.15) is 16.7 Å². The number of nitriles is 2. The molecule has 2 aromatic carbocycles. The zero-order valence-electron chi connectivity index (χ0n) is 16.4. The Morgan fingerprint density at radius 3 is 2.43 bits per heavy atom. The first kappa shape index (κ1) is 21.4. The summed E-state index contributed by atoms with van der Waals surface area (Å²) >= 11 is 4.34. The number of thiazole rings is 1. The molecule has 1 aromatic heterocycles. The molecule has 0 atom stereocenters. The first-order valence-electron chi connectivity index (χ1n) is 8.73. The third-order valence-corrected chi connectivity index (χ3v) is 6.19. The lowest BCUT2D eigenvalue weighted by atomic mass is 10.1. The number of methoxy groups -OCH3 is 1. The number of hydrogen-bond donors (Lipinski definition) is 1. The molecule has 8 heteroatoms. The SMILES string of the molecule is COc1cc(C=c2sc(=C(C#N)C#N)n(-c3c(C)cccc3C)c2=O)cc(Br)c1O. The van der Waals surface area contributed by atoms with Crippen LogP contribution < -0.4 is 19.5 Å². The second kappa shape index (κ2) is 8.58. The number of phenols is 1. The fraction of sp³-hybridized carbons (Fsp3) is 0.136. The van der Waals surface area contributed by atoms with E-state index in [9.17, 15) is 20.4 Å².